The summed E-state index contributed by atoms with van der Waals surface area (Å²) < 4.78 is 0. The largest absolute Gasteiger partial charge is 0.369 e. The molecule has 23 heavy (non-hydrogen) atoms. The Bertz CT molecular complexity index is 679. The van der Waals surface area contributed by atoms with Crippen LogP contribution in [0.3, 0.4) is 0 Å². The molecule has 5 heteroatoms. The molecular weight excluding hydrogens is 288 g/mol. The Morgan fingerprint density at radius 1 is 1.17 bits per heavy atom. The van der Waals surface area contributed by atoms with Crippen LogP contribution in [-0.2, 0) is 0 Å². The minimum atomic E-state index is -0.131. The van der Waals surface area contributed by atoms with Crippen molar-refractivity contribution in [3.8, 4) is 0 Å². The highest BCUT2D eigenvalue weighted by Gasteiger charge is 2.15. The molecule has 1 aliphatic rings. The highest BCUT2D eigenvalue weighted by Crippen LogP contribution is 2.24. The van der Waals surface area contributed by atoms with Crippen LogP contribution in [0, 0.1) is 6.92 Å². The van der Waals surface area contributed by atoms with Gasteiger partial charge in [0.05, 0.1) is 5.56 Å². The zero-order valence-corrected chi connectivity index (χ0v) is 13.6. The fourth-order valence-electron chi connectivity index (χ4n) is 2.74. The van der Waals surface area contributed by atoms with Crippen LogP contribution in [-0.4, -0.2) is 49.0 Å². The van der Waals surface area contributed by atoms with Gasteiger partial charge in [0.25, 0.3) is 5.91 Å². The average molecular weight is 310 g/mol. The SMILES string of the molecule is Cc1cc(N2CCN(C)CC2)ccc1NC(=O)c1cccnc1. The second kappa shape index (κ2) is 6.79. The number of hydrogen-bond donors (Lipinski definition) is 1. The van der Waals surface area contributed by atoms with E-state index in [0.29, 0.717) is 5.56 Å². The fraction of sp³-hybridized carbons (Fsp3) is 0.333. The number of anilines is 2. The van der Waals surface area contributed by atoms with Gasteiger partial charge in [-0.1, -0.05) is 0 Å². The van der Waals surface area contributed by atoms with Crippen LogP contribution in [0.5, 0.6) is 0 Å². The molecule has 1 aromatic carbocycles. The van der Waals surface area contributed by atoms with Crippen molar-refractivity contribution in [3.63, 3.8) is 0 Å². The van der Waals surface area contributed by atoms with Crippen molar-refractivity contribution in [1.29, 1.82) is 0 Å². The van der Waals surface area contributed by atoms with Gasteiger partial charge >= 0.3 is 0 Å². The molecule has 120 valence electrons. The van der Waals surface area contributed by atoms with E-state index in [4.69, 9.17) is 0 Å². The molecule has 0 bridgehead atoms. The standard InChI is InChI=1S/C18H22N4O/c1-14-12-16(22-10-8-21(2)9-11-22)5-6-17(14)20-18(23)15-4-3-7-19-13-15/h3-7,12-13H,8-11H2,1-2H3,(H,20,23). The second-order valence-electron chi connectivity index (χ2n) is 5.99. The van der Waals surface area contributed by atoms with E-state index in [1.54, 1.807) is 24.5 Å². The summed E-state index contributed by atoms with van der Waals surface area (Å²) in [5, 5.41) is 2.96. The Morgan fingerprint density at radius 3 is 2.61 bits per heavy atom. The van der Waals surface area contributed by atoms with Crippen LogP contribution in [0.1, 0.15) is 15.9 Å². The smallest absolute Gasteiger partial charge is 0.257 e. The summed E-state index contributed by atoms with van der Waals surface area (Å²) in [7, 11) is 2.15. The van der Waals surface area contributed by atoms with E-state index in [2.05, 4.69) is 39.3 Å². The fourth-order valence-corrected chi connectivity index (χ4v) is 2.74. The maximum atomic E-state index is 12.2. The van der Waals surface area contributed by atoms with E-state index in [0.717, 1.165) is 37.4 Å². The van der Waals surface area contributed by atoms with Gasteiger partial charge in [-0.15, -0.1) is 0 Å². The normalized spacial score (nSPS) is 15.5. The molecule has 0 atom stereocenters. The van der Waals surface area contributed by atoms with Gasteiger partial charge in [0.2, 0.25) is 0 Å². The van der Waals surface area contributed by atoms with Gasteiger partial charge in [-0.3, -0.25) is 9.78 Å². The molecule has 0 radical (unpaired) electrons. The van der Waals surface area contributed by atoms with Gasteiger partial charge in [0, 0.05) is 49.9 Å². The van der Waals surface area contributed by atoms with E-state index in [1.807, 2.05) is 13.0 Å². The zero-order chi connectivity index (χ0) is 16.2. The molecule has 0 saturated carbocycles. The monoisotopic (exact) mass is 310 g/mol. The Kier molecular flexibility index (Phi) is 4.57. The number of piperazine rings is 1. The topological polar surface area (TPSA) is 48.5 Å². The van der Waals surface area contributed by atoms with Crippen molar-refractivity contribution in [3.05, 3.63) is 53.9 Å². The molecule has 0 spiro atoms. The minimum Gasteiger partial charge on any atom is -0.369 e. The summed E-state index contributed by atoms with van der Waals surface area (Å²) in [5.41, 5.74) is 3.69. The van der Waals surface area contributed by atoms with Gasteiger partial charge in [0.15, 0.2) is 0 Å². The van der Waals surface area contributed by atoms with Crippen LogP contribution in [0.4, 0.5) is 11.4 Å². The van der Waals surface area contributed by atoms with Gasteiger partial charge < -0.3 is 15.1 Å². The van der Waals surface area contributed by atoms with E-state index < -0.39 is 0 Å². The molecule has 3 rings (SSSR count). The first-order chi connectivity index (χ1) is 11.1. The molecule has 1 fully saturated rings. The molecule has 1 aliphatic heterocycles. The summed E-state index contributed by atoms with van der Waals surface area (Å²) in [6, 6.07) is 9.73. The summed E-state index contributed by atoms with van der Waals surface area (Å²) >= 11 is 0. The first kappa shape index (κ1) is 15.5. The van der Waals surface area contributed by atoms with Crippen molar-refractivity contribution >= 4 is 17.3 Å². The summed E-state index contributed by atoms with van der Waals surface area (Å²) in [6.07, 6.45) is 3.23. The maximum Gasteiger partial charge on any atom is 0.257 e. The molecule has 0 aliphatic carbocycles. The molecule has 1 saturated heterocycles. The van der Waals surface area contributed by atoms with Gasteiger partial charge in [0.1, 0.15) is 0 Å². The number of carbonyl (C=O) groups is 1. The molecule has 0 unspecified atom stereocenters. The van der Waals surface area contributed by atoms with E-state index in [-0.39, 0.29) is 5.91 Å². The molecule has 1 amide bonds. The molecule has 2 heterocycles. The average Bonchev–Trinajstić information content (AvgIpc) is 2.58. The van der Waals surface area contributed by atoms with Crippen molar-refractivity contribution in [2.24, 2.45) is 0 Å². The van der Waals surface area contributed by atoms with Crippen molar-refractivity contribution in [2.45, 2.75) is 6.92 Å². The number of amides is 1. The number of likely N-dealkylation sites (N-methyl/N-ethyl adjacent to an activating group) is 1. The number of pyridine rings is 1. The van der Waals surface area contributed by atoms with E-state index in [9.17, 15) is 4.79 Å². The summed E-state index contributed by atoms with van der Waals surface area (Å²) in [5.74, 6) is -0.131. The Labute approximate surface area is 136 Å². The van der Waals surface area contributed by atoms with Crippen LogP contribution >= 0.6 is 0 Å². The quantitative estimate of drug-likeness (QED) is 0.946. The van der Waals surface area contributed by atoms with Crippen LogP contribution in [0.15, 0.2) is 42.7 Å². The lowest BCUT2D eigenvalue weighted by Crippen LogP contribution is -2.44. The van der Waals surface area contributed by atoms with Crippen LogP contribution in [0.2, 0.25) is 0 Å². The minimum absolute atomic E-state index is 0.131. The number of nitrogens with one attached hydrogen (secondary N) is 1. The predicted molar refractivity (Wildman–Crippen MR) is 93.1 cm³/mol. The van der Waals surface area contributed by atoms with Gasteiger partial charge in [-0.25, -0.2) is 0 Å². The molecule has 5 nitrogen and oxygen atoms in total. The van der Waals surface area contributed by atoms with Crippen molar-refractivity contribution in [2.75, 3.05) is 43.4 Å². The van der Waals surface area contributed by atoms with Crippen LogP contribution in [0.25, 0.3) is 0 Å². The third-order valence-corrected chi connectivity index (χ3v) is 4.25. The third-order valence-electron chi connectivity index (χ3n) is 4.25. The highest BCUT2D eigenvalue weighted by molar-refractivity contribution is 6.04. The van der Waals surface area contributed by atoms with Crippen molar-refractivity contribution < 1.29 is 4.79 Å². The molecule has 1 aromatic heterocycles. The summed E-state index contributed by atoms with van der Waals surface area (Å²) in [6.45, 7) is 6.27. The number of rotatable bonds is 3. The predicted octanol–water partition coefficient (Wildman–Crippen LogP) is 2.39. The first-order valence-electron chi connectivity index (χ1n) is 7.89. The lowest BCUT2D eigenvalue weighted by molar-refractivity contribution is 0.102. The number of carbonyl (C=O) groups excluding carboxylic acids is 1. The number of aromatic nitrogens is 1. The Balaban J connectivity index is 1.71. The van der Waals surface area contributed by atoms with E-state index in [1.165, 1.54) is 5.69 Å². The summed E-state index contributed by atoms with van der Waals surface area (Å²) in [4.78, 5) is 20.9. The third kappa shape index (κ3) is 3.68. The molecule has 2 aromatic rings. The second-order valence-corrected chi connectivity index (χ2v) is 5.99. The van der Waals surface area contributed by atoms with Gasteiger partial charge in [-0.05, 0) is 49.9 Å². The Morgan fingerprint density at radius 2 is 1.96 bits per heavy atom. The highest BCUT2D eigenvalue weighted by atomic mass is 16.1. The number of aryl methyl sites for hydroxylation is 1. The van der Waals surface area contributed by atoms with E-state index >= 15 is 0 Å². The Hall–Kier alpha value is -2.40. The molecular formula is C18H22N4O. The lowest BCUT2D eigenvalue weighted by atomic mass is 10.1. The number of hydrogen-bond acceptors (Lipinski definition) is 4. The zero-order valence-electron chi connectivity index (χ0n) is 13.6. The molecule has 1 N–H and O–H groups in total. The van der Waals surface area contributed by atoms with Crippen molar-refractivity contribution in [1.82, 2.24) is 9.88 Å². The maximum absolute atomic E-state index is 12.2. The number of benzene rings is 1. The van der Waals surface area contributed by atoms with Gasteiger partial charge in [-0.2, -0.15) is 0 Å². The number of nitrogens with zero attached hydrogens (tertiary/aromatic N) is 3. The first-order valence-corrected chi connectivity index (χ1v) is 7.89. The van der Waals surface area contributed by atoms with Crippen LogP contribution < -0.4 is 10.2 Å². The lowest BCUT2D eigenvalue weighted by Gasteiger charge is -2.34.